The van der Waals surface area contributed by atoms with E-state index in [2.05, 4.69) is 16.6 Å². The van der Waals surface area contributed by atoms with Gasteiger partial charge in [-0.15, -0.1) is 0 Å². The lowest BCUT2D eigenvalue weighted by molar-refractivity contribution is 0.350. The molecule has 2 N–H and O–H groups in total. The molecule has 0 aromatic heterocycles. The van der Waals surface area contributed by atoms with E-state index in [4.69, 9.17) is 5.11 Å². The zero-order chi connectivity index (χ0) is 16.3. The number of rotatable bonds is 4. The molecular weight excluding hydrogens is 300 g/mol. The van der Waals surface area contributed by atoms with Crippen molar-refractivity contribution in [2.24, 2.45) is 0 Å². The predicted octanol–water partition coefficient (Wildman–Crippen LogP) is 1.78. The summed E-state index contributed by atoms with van der Waals surface area (Å²) in [5.74, 6) is 2.28. The zero-order valence-corrected chi connectivity index (χ0v) is 12.8. The molecule has 1 rings (SSSR count). The van der Waals surface area contributed by atoms with Crippen LogP contribution in [-0.4, -0.2) is 25.7 Å². The summed E-state index contributed by atoms with van der Waals surface area (Å²) in [5, 5.41) is 8.66. The third-order valence-electron chi connectivity index (χ3n) is 2.87. The number of aliphatic hydroxyl groups excluding tert-OH is 1. The molecule has 0 bridgehead atoms. The Kier molecular flexibility index (Phi) is 5.45. The van der Waals surface area contributed by atoms with Crippen molar-refractivity contribution >= 4 is 10.0 Å². The van der Waals surface area contributed by atoms with E-state index in [-0.39, 0.29) is 5.56 Å². The number of benzene rings is 1. The molecule has 7 heteroatoms. The van der Waals surface area contributed by atoms with Gasteiger partial charge in [0.25, 0.3) is 0 Å². The SMILES string of the molecule is CCC(C)(C)NS(=O)(=O)c1c(F)cc(F)cc1C#CCO. The maximum Gasteiger partial charge on any atom is 0.245 e. The lowest BCUT2D eigenvalue weighted by atomic mass is 10.0. The largest absolute Gasteiger partial charge is 0.384 e. The Bertz CT molecular complexity index is 688. The molecule has 0 radical (unpaired) electrons. The Morgan fingerprint density at radius 3 is 2.48 bits per heavy atom. The second kappa shape index (κ2) is 6.52. The van der Waals surface area contributed by atoms with Gasteiger partial charge in [-0.1, -0.05) is 18.8 Å². The molecule has 0 saturated heterocycles. The first kappa shape index (κ1) is 17.6. The van der Waals surface area contributed by atoms with E-state index in [1.807, 2.05) is 0 Å². The van der Waals surface area contributed by atoms with Crippen LogP contribution >= 0.6 is 0 Å². The third-order valence-corrected chi connectivity index (χ3v) is 4.65. The summed E-state index contributed by atoms with van der Waals surface area (Å²) in [7, 11) is -4.21. The summed E-state index contributed by atoms with van der Waals surface area (Å²) in [6, 6.07) is 1.30. The van der Waals surface area contributed by atoms with Crippen LogP contribution in [-0.2, 0) is 10.0 Å². The average Bonchev–Trinajstić information content (AvgIpc) is 2.33. The van der Waals surface area contributed by atoms with Crippen molar-refractivity contribution in [1.82, 2.24) is 4.72 Å². The van der Waals surface area contributed by atoms with Gasteiger partial charge < -0.3 is 5.11 Å². The third kappa shape index (κ3) is 4.49. The average molecular weight is 317 g/mol. The topological polar surface area (TPSA) is 66.4 Å². The smallest absolute Gasteiger partial charge is 0.245 e. The summed E-state index contributed by atoms with van der Waals surface area (Å²) in [6.45, 7) is 4.51. The lowest BCUT2D eigenvalue weighted by Crippen LogP contribution is -2.43. The Labute approximate surface area is 123 Å². The standard InChI is InChI=1S/C14H17F2NO3S/c1-4-14(2,3)17-21(19,20)13-10(6-5-7-18)8-11(15)9-12(13)16/h8-9,17-18H,4,7H2,1-3H3. The maximum atomic E-state index is 13.9. The Balaban J connectivity index is 3.48. The molecule has 0 amide bonds. The van der Waals surface area contributed by atoms with E-state index in [1.165, 1.54) is 0 Å². The van der Waals surface area contributed by atoms with Gasteiger partial charge in [-0.05, 0) is 26.3 Å². The number of hydrogen-bond donors (Lipinski definition) is 2. The molecule has 0 heterocycles. The second-order valence-electron chi connectivity index (χ2n) is 5.07. The summed E-state index contributed by atoms with van der Waals surface area (Å²) >= 11 is 0. The highest BCUT2D eigenvalue weighted by Gasteiger charge is 2.29. The van der Waals surface area contributed by atoms with Gasteiger partial charge in [0, 0.05) is 11.6 Å². The van der Waals surface area contributed by atoms with Crippen LogP contribution in [0.5, 0.6) is 0 Å². The number of hydrogen-bond acceptors (Lipinski definition) is 3. The minimum absolute atomic E-state index is 0.332. The molecular formula is C14H17F2NO3S. The van der Waals surface area contributed by atoms with E-state index in [9.17, 15) is 17.2 Å². The lowest BCUT2D eigenvalue weighted by Gasteiger charge is -2.24. The number of nitrogens with one attached hydrogen (secondary N) is 1. The number of sulfonamides is 1. The van der Waals surface area contributed by atoms with Crippen molar-refractivity contribution in [3.8, 4) is 11.8 Å². The van der Waals surface area contributed by atoms with Crippen molar-refractivity contribution in [2.45, 2.75) is 37.6 Å². The zero-order valence-electron chi connectivity index (χ0n) is 12.0. The van der Waals surface area contributed by atoms with Crippen LogP contribution in [0.4, 0.5) is 8.78 Å². The van der Waals surface area contributed by atoms with Gasteiger partial charge in [-0.2, -0.15) is 0 Å². The molecule has 1 aromatic carbocycles. The van der Waals surface area contributed by atoms with Gasteiger partial charge in [-0.25, -0.2) is 21.9 Å². The van der Waals surface area contributed by atoms with Gasteiger partial charge >= 0.3 is 0 Å². The fourth-order valence-electron chi connectivity index (χ4n) is 1.55. The van der Waals surface area contributed by atoms with Gasteiger partial charge in [-0.3, -0.25) is 0 Å². The van der Waals surface area contributed by atoms with Crippen LogP contribution in [0.1, 0.15) is 32.8 Å². The van der Waals surface area contributed by atoms with Crippen LogP contribution in [0.2, 0.25) is 0 Å². The van der Waals surface area contributed by atoms with Crippen LogP contribution in [0.3, 0.4) is 0 Å². The Morgan fingerprint density at radius 2 is 1.95 bits per heavy atom. The Hall–Kier alpha value is -1.49. The molecule has 4 nitrogen and oxygen atoms in total. The van der Waals surface area contributed by atoms with Crippen molar-refractivity contribution in [2.75, 3.05) is 6.61 Å². The quantitative estimate of drug-likeness (QED) is 0.832. The van der Waals surface area contributed by atoms with Gasteiger partial charge in [0.2, 0.25) is 10.0 Å². The highest BCUT2D eigenvalue weighted by molar-refractivity contribution is 7.89. The van der Waals surface area contributed by atoms with Crippen LogP contribution in [0.15, 0.2) is 17.0 Å². The van der Waals surface area contributed by atoms with Crippen molar-refractivity contribution in [3.05, 3.63) is 29.3 Å². The molecule has 0 spiro atoms. The van der Waals surface area contributed by atoms with Gasteiger partial charge in [0.05, 0.1) is 5.56 Å². The highest BCUT2D eigenvalue weighted by Crippen LogP contribution is 2.23. The molecule has 0 aliphatic rings. The maximum absolute atomic E-state index is 13.9. The normalized spacial score (nSPS) is 11.9. The first-order valence-corrected chi connectivity index (χ1v) is 7.74. The first-order valence-electron chi connectivity index (χ1n) is 6.25. The van der Waals surface area contributed by atoms with E-state index in [0.717, 1.165) is 6.07 Å². The highest BCUT2D eigenvalue weighted by atomic mass is 32.2. The molecule has 0 saturated carbocycles. The fraction of sp³-hybridized carbons (Fsp3) is 0.429. The molecule has 0 atom stereocenters. The van der Waals surface area contributed by atoms with E-state index in [1.54, 1.807) is 20.8 Å². The monoisotopic (exact) mass is 317 g/mol. The molecule has 0 aliphatic carbocycles. The summed E-state index contributed by atoms with van der Waals surface area (Å²) in [5.41, 5.74) is -1.12. The molecule has 0 aliphatic heterocycles. The van der Waals surface area contributed by atoms with Crippen molar-refractivity contribution < 1.29 is 22.3 Å². The minimum Gasteiger partial charge on any atom is -0.384 e. The van der Waals surface area contributed by atoms with Crippen LogP contribution < -0.4 is 4.72 Å². The minimum atomic E-state index is -4.21. The van der Waals surface area contributed by atoms with Crippen LogP contribution in [0.25, 0.3) is 0 Å². The number of halogens is 2. The van der Waals surface area contributed by atoms with E-state index >= 15 is 0 Å². The predicted molar refractivity (Wildman–Crippen MR) is 75.0 cm³/mol. The van der Waals surface area contributed by atoms with Gasteiger partial charge in [0.15, 0.2) is 0 Å². The van der Waals surface area contributed by atoms with Crippen molar-refractivity contribution in [1.29, 1.82) is 0 Å². The first-order chi connectivity index (χ1) is 9.63. The molecule has 0 fully saturated rings. The molecule has 21 heavy (non-hydrogen) atoms. The number of aliphatic hydroxyl groups is 1. The van der Waals surface area contributed by atoms with E-state index in [0.29, 0.717) is 12.5 Å². The second-order valence-corrected chi connectivity index (χ2v) is 6.69. The van der Waals surface area contributed by atoms with Crippen LogP contribution in [0, 0.1) is 23.5 Å². The van der Waals surface area contributed by atoms with Crippen molar-refractivity contribution in [3.63, 3.8) is 0 Å². The summed E-state index contributed by atoms with van der Waals surface area (Å²) in [6.07, 6.45) is 0.479. The molecule has 0 unspecified atom stereocenters. The summed E-state index contributed by atoms with van der Waals surface area (Å²) in [4.78, 5) is -0.716. The van der Waals surface area contributed by atoms with E-state index < -0.39 is 38.7 Å². The Morgan fingerprint density at radius 1 is 1.33 bits per heavy atom. The summed E-state index contributed by atoms with van der Waals surface area (Å²) < 4.78 is 54.2. The molecule has 116 valence electrons. The van der Waals surface area contributed by atoms with Gasteiger partial charge in [0.1, 0.15) is 23.1 Å². The fourth-order valence-corrected chi connectivity index (χ4v) is 3.24. The molecule has 1 aromatic rings.